The Labute approximate surface area is 120 Å². The summed E-state index contributed by atoms with van der Waals surface area (Å²) in [7, 11) is 0. The highest BCUT2D eigenvalue weighted by Gasteiger charge is 2.18. The molecule has 1 aromatic rings. The number of carbonyl (C=O) groups excluding carboxylic acids is 1. The van der Waals surface area contributed by atoms with Gasteiger partial charge < -0.3 is 15.7 Å². The molecule has 20 heavy (non-hydrogen) atoms. The number of nitro groups is 1. The number of nitrogens with one attached hydrogen (secondary N) is 2. The number of carboxylic acids is 1. The Kier molecular flexibility index (Phi) is 5.38. The first kappa shape index (κ1) is 15.8. The first-order valence-electron chi connectivity index (χ1n) is 5.17. The van der Waals surface area contributed by atoms with Crippen LogP contribution in [0.4, 0.5) is 15.8 Å². The lowest BCUT2D eigenvalue weighted by atomic mass is 10.2. The van der Waals surface area contributed by atoms with E-state index in [9.17, 15) is 24.1 Å². The molecule has 0 heterocycles. The van der Waals surface area contributed by atoms with Gasteiger partial charge in [0.25, 0.3) is 5.69 Å². The third-order valence-corrected chi connectivity index (χ3v) is 2.72. The Morgan fingerprint density at radius 3 is 2.60 bits per heavy atom. The van der Waals surface area contributed by atoms with Gasteiger partial charge in [0, 0.05) is 12.1 Å². The van der Waals surface area contributed by atoms with Crippen molar-refractivity contribution in [1.82, 2.24) is 5.32 Å². The second-order valence-corrected chi connectivity index (χ2v) is 4.42. The number of benzene rings is 1. The number of carboxylic acid groups (broad SMARTS) is 1. The summed E-state index contributed by atoms with van der Waals surface area (Å²) in [5.74, 6) is -2.65. The molecule has 10 heteroatoms. The van der Waals surface area contributed by atoms with Crippen LogP contribution in [0.25, 0.3) is 0 Å². The van der Waals surface area contributed by atoms with Crippen molar-refractivity contribution in [3.8, 4) is 0 Å². The van der Waals surface area contributed by atoms with Gasteiger partial charge in [-0.3, -0.25) is 19.7 Å². The highest BCUT2D eigenvalue weighted by Crippen LogP contribution is 2.30. The van der Waals surface area contributed by atoms with Gasteiger partial charge in [0.1, 0.15) is 18.0 Å². The maximum absolute atomic E-state index is 13.3. The molecular weight excluding hydrogens is 341 g/mol. The fraction of sp³-hybridized carbons (Fsp3) is 0.200. The lowest BCUT2D eigenvalue weighted by Crippen LogP contribution is -2.33. The Balaban J connectivity index is 2.77. The molecule has 0 aliphatic carbocycles. The van der Waals surface area contributed by atoms with E-state index in [1.807, 2.05) is 0 Å². The molecule has 8 nitrogen and oxygen atoms in total. The molecule has 0 spiro atoms. The summed E-state index contributed by atoms with van der Waals surface area (Å²) in [6.45, 7) is -0.994. The minimum absolute atomic E-state index is 0.0786. The lowest BCUT2D eigenvalue weighted by molar-refractivity contribution is -0.384. The van der Waals surface area contributed by atoms with Crippen LogP contribution in [0.3, 0.4) is 0 Å². The zero-order valence-corrected chi connectivity index (χ0v) is 11.4. The van der Waals surface area contributed by atoms with Crippen LogP contribution < -0.4 is 10.6 Å². The summed E-state index contributed by atoms with van der Waals surface area (Å²) < 4.78 is 13.2. The molecule has 1 aromatic carbocycles. The number of anilines is 1. The summed E-state index contributed by atoms with van der Waals surface area (Å²) in [6, 6.07) is 1.83. The van der Waals surface area contributed by atoms with Gasteiger partial charge in [0.15, 0.2) is 0 Å². The lowest BCUT2D eigenvalue weighted by Gasteiger charge is -2.08. The van der Waals surface area contributed by atoms with Crippen LogP contribution >= 0.6 is 15.9 Å². The zero-order valence-electron chi connectivity index (χ0n) is 9.85. The second kappa shape index (κ2) is 6.80. The summed E-state index contributed by atoms with van der Waals surface area (Å²) in [6.07, 6.45) is 0. The van der Waals surface area contributed by atoms with Crippen molar-refractivity contribution in [2.24, 2.45) is 0 Å². The number of halogens is 2. The molecule has 0 aromatic heterocycles. The molecule has 1 amide bonds. The minimum Gasteiger partial charge on any atom is -0.480 e. The van der Waals surface area contributed by atoms with Crippen molar-refractivity contribution in [3.05, 3.63) is 32.5 Å². The summed E-state index contributed by atoms with van der Waals surface area (Å²) in [5.41, 5.74) is -0.592. The molecule has 0 aliphatic rings. The average molecular weight is 350 g/mol. The topological polar surface area (TPSA) is 122 Å². The third-order valence-electron chi connectivity index (χ3n) is 2.11. The van der Waals surface area contributed by atoms with E-state index < -0.39 is 41.4 Å². The van der Waals surface area contributed by atoms with Crippen molar-refractivity contribution in [1.29, 1.82) is 0 Å². The van der Waals surface area contributed by atoms with Gasteiger partial charge in [0.2, 0.25) is 5.91 Å². The Bertz CT molecular complexity index is 566. The highest BCUT2D eigenvalue weighted by molar-refractivity contribution is 9.10. The maximum Gasteiger partial charge on any atom is 0.322 e. The normalized spacial score (nSPS) is 9.90. The molecule has 1 rings (SSSR count). The molecule has 0 saturated carbocycles. The Morgan fingerprint density at radius 2 is 2.05 bits per heavy atom. The molecule has 3 N–H and O–H groups in total. The predicted molar refractivity (Wildman–Crippen MR) is 69.9 cm³/mol. The number of hydrogen-bond donors (Lipinski definition) is 3. The number of hydrogen-bond acceptors (Lipinski definition) is 5. The van der Waals surface area contributed by atoms with Gasteiger partial charge in [-0.05, 0) is 15.9 Å². The van der Waals surface area contributed by atoms with Crippen LogP contribution in [0.15, 0.2) is 16.6 Å². The van der Waals surface area contributed by atoms with Crippen molar-refractivity contribution < 1.29 is 24.0 Å². The van der Waals surface area contributed by atoms with Crippen molar-refractivity contribution in [2.45, 2.75) is 0 Å². The van der Waals surface area contributed by atoms with E-state index in [4.69, 9.17) is 5.11 Å². The first-order valence-corrected chi connectivity index (χ1v) is 5.96. The number of nitrogens with zero attached hydrogens (tertiary/aromatic N) is 1. The van der Waals surface area contributed by atoms with E-state index in [-0.39, 0.29) is 10.2 Å². The fourth-order valence-electron chi connectivity index (χ4n) is 1.24. The van der Waals surface area contributed by atoms with Crippen LogP contribution in [0.5, 0.6) is 0 Å². The van der Waals surface area contributed by atoms with Crippen LogP contribution in [-0.2, 0) is 9.59 Å². The van der Waals surface area contributed by atoms with Gasteiger partial charge in [-0.1, -0.05) is 0 Å². The Morgan fingerprint density at radius 1 is 1.40 bits per heavy atom. The third kappa shape index (κ3) is 4.46. The van der Waals surface area contributed by atoms with Gasteiger partial charge in [0.05, 0.1) is 15.9 Å². The molecule has 0 radical (unpaired) electrons. The minimum atomic E-state index is -1.22. The molecule has 0 bridgehead atoms. The molecule has 0 unspecified atom stereocenters. The molecule has 0 aliphatic heterocycles. The number of rotatable bonds is 6. The van der Waals surface area contributed by atoms with E-state index in [0.29, 0.717) is 0 Å². The molecular formula is C10H9BrFN3O5. The average Bonchev–Trinajstić information content (AvgIpc) is 2.36. The zero-order chi connectivity index (χ0) is 15.3. The first-order chi connectivity index (χ1) is 9.31. The summed E-state index contributed by atoms with van der Waals surface area (Å²) in [5, 5.41) is 23.6. The van der Waals surface area contributed by atoms with Crippen LogP contribution in [0.1, 0.15) is 0 Å². The highest BCUT2D eigenvalue weighted by atomic mass is 79.9. The smallest absolute Gasteiger partial charge is 0.322 e. The van der Waals surface area contributed by atoms with Crippen LogP contribution in [-0.4, -0.2) is 35.0 Å². The number of nitro benzene ring substituents is 1. The van der Waals surface area contributed by atoms with Gasteiger partial charge in [-0.25, -0.2) is 4.39 Å². The standard InChI is InChI=1S/C10H9BrFN3O5/c11-5-1-8(15(19)20)7(2-6(5)12)13-3-9(16)14-4-10(17)18/h1-2,13H,3-4H2,(H,14,16)(H,17,18). The fourth-order valence-corrected chi connectivity index (χ4v) is 1.57. The van der Waals surface area contributed by atoms with Crippen molar-refractivity contribution in [2.75, 3.05) is 18.4 Å². The molecule has 108 valence electrons. The molecule has 0 saturated heterocycles. The quantitative estimate of drug-likeness (QED) is 0.522. The monoisotopic (exact) mass is 349 g/mol. The molecule has 0 fully saturated rings. The summed E-state index contributed by atoms with van der Waals surface area (Å²) >= 11 is 2.82. The number of amides is 1. The van der Waals surface area contributed by atoms with E-state index >= 15 is 0 Å². The van der Waals surface area contributed by atoms with Gasteiger partial charge in [-0.15, -0.1) is 0 Å². The predicted octanol–water partition coefficient (Wildman–Crippen LogP) is 1.11. The number of carbonyl (C=O) groups is 2. The van der Waals surface area contributed by atoms with E-state index in [2.05, 4.69) is 26.6 Å². The Hall–Kier alpha value is -2.23. The van der Waals surface area contributed by atoms with Gasteiger partial charge in [-0.2, -0.15) is 0 Å². The van der Waals surface area contributed by atoms with Crippen molar-refractivity contribution in [3.63, 3.8) is 0 Å². The second-order valence-electron chi connectivity index (χ2n) is 3.56. The van der Waals surface area contributed by atoms with E-state index in [0.717, 1.165) is 12.1 Å². The van der Waals surface area contributed by atoms with Gasteiger partial charge >= 0.3 is 5.97 Å². The maximum atomic E-state index is 13.3. The summed E-state index contributed by atoms with van der Waals surface area (Å²) in [4.78, 5) is 31.5. The largest absolute Gasteiger partial charge is 0.480 e. The van der Waals surface area contributed by atoms with Crippen molar-refractivity contribution >= 4 is 39.2 Å². The van der Waals surface area contributed by atoms with Crippen LogP contribution in [0, 0.1) is 15.9 Å². The number of aliphatic carboxylic acids is 1. The van der Waals surface area contributed by atoms with Crippen LogP contribution in [0.2, 0.25) is 0 Å². The SMILES string of the molecule is O=C(O)CNC(=O)CNc1cc(F)c(Br)cc1[N+](=O)[O-]. The van der Waals surface area contributed by atoms with E-state index in [1.54, 1.807) is 0 Å². The van der Waals surface area contributed by atoms with E-state index in [1.165, 1.54) is 0 Å². The molecule has 0 atom stereocenters.